The third kappa shape index (κ3) is 3.45. The highest BCUT2D eigenvalue weighted by Crippen LogP contribution is 2.25. The molecular formula is C17H24N2O2. The number of aryl methyl sites for hydroxylation is 2. The highest BCUT2D eigenvalue weighted by Gasteiger charge is 2.15. The van der Waals surface area contributed by atoms with Gasteiger partial charge in [0.15, 0.2) is 0 Å². The van der Waals surface area contributed by atoms with Crippen molar-refractivity contribution >= 4 is 16.9 Å². The molecule has 0 bridgehead atoms. The van der Waals surface area contributed by atoms with Gasteiger partial charge in [0.25, 0.3) is 0 Å². The lowest BCUT2D eigenvalue weighted by Crippen LogP contribution is -2.25. The molecule has 0 aliphatic heterocycles. The molecule has 0 saturated carbocycles. The van der Waals surface area contributed by atoms with Crippen molar-refractivity contribution in [3.05, 3.63) is 35.5 Å². The second-order valence-electron chi connectivity index (χ2n) is 5.46. The summed E-state index contributed by atoms with van der Waals surface area (Å²) in [5, 5.41) is 1.27. The number of hydrogen-bond donors (Lipinski definition) is 1. The Hall–Kier alpha value is -1.81. The molecule has 0 saturated heterocycles. The smallest absolute Gasteiger partial charge is 0.305 e. The van der Waals surface area contributed by atoms with E-state index in [4.69, 9.17) is 10.5 Å². The van der Waals surface area contributed by atoms with Crippen LogP contribution in [-0.2, 0) is 23.0 Å². The van der Waals surface area contributed by atoms with Gasteiger partial charge >= 0.3 is 5.97 Å². The Morgan fingerprint density at radius 1 is 1.38 bits per heavy atom. The predicted octanol–water partition coefficient (Wildman–Crippen LogP) is 2.70. The van der Waals surface area contributed by atoms with Gasteiger partial charge in [-0.25, -0.2) is 0 Å². The molecule has 1 aromatic carbocycles. The Balaban J connectivity index is 2.07. The Morgan fingerprint density at radius 2 is 2.10 bits per heavy atom. The van der Waals surface area contributed by atoms with Crippen molar-refractivity contribution in [3.8, 4) is 0 Å². The molecule has 0 aliphatic carbocycles. The van der Waals surface area contributed by atoms with E-state index in [1.54, 1.807) is 0 Å². The lowest BCUT2D eigenvalue weighted by molar-refractivity contribution is -0.143. The Labute approximate surface area is 125 Å². The number of carbonyl (C=O) groups is 1. The fraction of sp³-hybridized carbons (Fsp3) is 0.471. The van der Waals surface area contributed by atoms with Crippen molar-refractivity contribution in [2.75, 3.05) is 6.61 Å². The van der Waals surface area contributed by atoms with E-state index in [9.17, 15) is 4.79 Å². The number of para-hydroxylation sites is 1. The summed E-state index contributed by atoms with van der Waals surface area (Å²) in [6.07, 6.45) is 1.81. The molecule has 1 aromatic heterocycles. The first-order valence-electron chi connectivity index (χ1n) is 7.48. The van der Waals surface area contributed by atoms with E-state index in [1.807, 2.05) is 13.0 Å². The molecule has 2 aromatic rings. The molecule has 114 valence electrons. The number of nitrogens with two attached hydrogens (primary N) is 1. The first-order chi connectivity index (χ1) is 10.0. The molecule has 0 radical (unpaired) electrons. The monoisotopic (exact) mass is 288 g/mol. The highest BCUT2D eigenvalue weighted by atomic mass is 16.5. The third-order valence-electron chi connectivity index (χ3n) is 3.99. The van der Waals surface area contributed by atoms with E-state index in [1.165, 1.54) is 22.2 Å². The first kappa shape index (κ1) is 15.6. The van der Waals surface area contributed by atoms with Crippen LogP contribution in [0.4, 0.5) is 0 Å². The molecule has 4 nitrogen and oxygen atoms in total. The molecule has 1 unspecified atom stereocenters. The van der Waals surface area contributed by atoms with Gasteiger partial charge in [-0.1, -0.05) is 18.2 Å². The minimum absolute atomic E-state index is 0.0314. The van der Waals surface area contributed by atoms with Crippen LogP contribution in [0.25, 0.3) is 10.9 Å². The van der Waals surface area contributed by atoms with E-state index < -0.39 is 0 Å². The van der Waals surface area contributed by atoms with Gasteiger partial charge in [-0.05, 0) is 31.9 Å². The quantitative estimate of drug-likeness (QED) is 0.831. The normalized spacial score (nSPS) is 12.6. The summed E-state index contributed by atoms with van der Waals surface area (Å²) in [7, 11) is 2.07. The van der Waals surface area contributed by atoms with Gasteiger partial charge in [0.2, 0.25) is 0 Å². The highest BCUT2D eigenvalue weighted by molar-refractivity contribution is 5.85. The van der Waals surface area contributed by atoms with Crippen LogP contribution in [0.5, 0.6) is 0 Å². The minimum Gasteiger partial charge on any atom is -0.466 e. The lowest BCUT2D eigenvalue weighted by Gasteiger charge is -2.13. The van der Waals surface area contributed by atoms with Crippen LogP contribution in [0, 0.1) is 6.92 Å². The first-order valence-corrected chi connectivity index (χ1v) is 7.48. The van der Waals surface area contributed by atoms with Crippen LogP contribution >= 0.6 is 0 Å². The van der Waals surface area contributed by atoms with Crippen LogP contribution in [0.1, 0.15) is 31.0 Å². The van der Waals surface area contributed by atoms with Crippen molar-refractivity contribution < 1.29 is 9.53 Å². The number of benzene rings is 1. The molecule has 0 amide bonds. The van der Waals surface area contributed by atoms with Crippen molar-refractivity contribution in [3.63, 3.8) is 0 Å². The molecular weight excluding hydrogens is 264 g/mol. The van der Waals surface area contributed by atoms with Crippen LogP contribution in [0.3, 0.4) is 0 Å². The standard InChI is InChI=1S/C17H24N2O2/c1-4-21-17(20)10-9-13(18)11-16-12(2)14-7-5-6-8-15(14)19(16)3/h5-8,13H,4,9-11,18H2,1-3H3. The maximum atomic E-state index is 11.4. The molecule has 0 aliphatic rings. The number of fused-ring (bicyclic) bond motifs is 1. The molecule has 2 rings (SSSR count). The SMILES string of the molecule is CCOC(=O)CCC(N)Cc1c(C)c2ccccc2n1C. The van der Waals surface area contributed by atoms with E-state index >= 15 is 0 Å². The van der Waals surface area contributed by atoms with Gasteiger partial charge in [-0.3, -0.25) is 4.79 Å². The Morgan fingerprint density at radius 3 is 2.76 bits per heavy atom. The number of esters is 1. The van der Waals surface area contributed by atoms with Gasteiger partial charge < -0.3 is 15.0 Å². The average Bonchev–Trinajstić information content (AvgIpc) is 2.71. The van der Waals surface area contributed by atoms with E-state index in [0.29, 0.717) is 19.4 Å². The molecule has 0 spiro atoms. The van der Waals surface area contributed by atoms with Crippen LogP contribution in [0.2, 0.25) is 0 Å². The van der Waals surface area contributed by atoms with E-state index in [-0.39, 0.29) is 12.0 Å². The number of nitrogens with zero attached hydrogens (tertiary/aromatic N) is 1. The molecule has 1 heterocycles. The molecule has 4 heteroatoms. The second kappa shape index (κ2) is 6.76. The summed E-state index contributed by atoms with van der Waals surface area (Å²) in [6, 6.07) is 8.33. The van der Waals surface area contributed by atoms with Crippen molar-refractivity contribution in [1.82, 2.24) is 4.57 Å². The van der Waals surface area contributed by atoms with Crippen molar-refractivity contribution in [2.45, 2.75) is 39.2 Å². The number of rotatable bonds is 6. The number of carbonyl (C=O) groups excluding carboxylic acids is 1. The second-order valence-corrected chi connectivity index (χ2v) is 5.46. The lowest BCUT2D eigenvalue weighted by atomic mass is 10.0. The van der Waals surface area contributed by atoms with Gasteiger partial charge in [-0.15, -0.1) is 0 Å². The van der Waals surface area contributed by atoms with Gasteiger partial charge in [0.05, 0.1) is 6.61 Å². The average molecular weight is 288 g/mol. The van der Waals surface area contributed by atoms with Crippen LogP contribution in [0.15, 0.2) is 24.3 Å². The Kier molecular flexibility index (Phi) is 5.02. The molecule has 0 fully saturated rings. The molecule has 1 atom stereocenters. The molecule has 2 N–H and O–H groups in total. The van der Waals surface area contributed by atoms with Crippen LogP contribution < -0.4 is 5.73 Å². The topological polar surface area (TPSA) is 57.2 Å². The number of aromatic nitrogens is 1. The minimum atomic E-state index is -0.165. The number of hydrogen-bond acceptors (Lipinski definition) is 3. The largest absolute Gasteiger partial charge is 0.466 e. The van der Waals surface area contributed by atoms with Crippen LogP contribution in [-0.4, -0.2) is 23.2 Å². The van der Waals surface area contributed by atoms with Gasteiger partial charge in [0.1, 0.15) is 0 Å². The van der Waals surface area contributed by atoms with Crippen molar-refractivity contribution in [2.24, 2.45) is 12.8 Å². The summed E-state index contributed by atoms with van der Waals surface area (Å²) >= 11 is 0. The fourth-order valence-electron chi connectivity index (χ4n) is 2.81. The zero-order chi connectivity index (χ0) is 15.4. The summed E-state index contributed by atoms with van der Waals surface area (Å²) in [6.45, 7) is 4.38. The zero-order valence-electron chi connectivity index (χ0n) is 13.1. The zero-order valence-corrected chi connectivity index (χ0v) is 13.1. The maximum absolute atomic E-state index is 11.4. The summed E-state index contributed by atoms with van der Waals surface area (Å²) in [5.74, 6) is -0.165. The summed E-state index contributed by atoms with van der Waals surface area (Å²) in [5.41, 5.74) is 9.93. The maximum Gasteiger partial charge on any atom is 0.305 e. The van der Waals surface area contributed by atoms with Gasteiger partial charge in [0, 0.05) is 42.5 Å². The van der Waals surface area contributed by atoms with Crippen molar-refractivity contribution in [1.29, 1.82) is 0 Å². The van der Waals surface area contributed by atoms with Gasteiger partial charge in [-0.2, -0.15) is 0 Å². The fourth-order valence-corrected chi connectivity index (χ4v) is 2.81. The predicted molar refractivity (Wildman–Crippen MR) is 85.2 cm³/mol. The number of ether oxygens (including phenoxy) is 1. The third-order valence-corrected chi connectivity index (χ3v) is 3.99. The summed E-state index contributed by atoms with van der Waals surface area (Å²) in [4.78, 5) is 11.4. The summed E-state index contributed by atoms with van der Waals surface area (Å²) < 4.78 is 7.14. The molecule has 21 heavy (non-hydrogen) atoms. The Bertz CT molecular complexity index is 592. The van der Waals surface area contributed by atoms with E-state index in [2.05, 4.69) is 36.7 Å². The van der Waals surface area contributed by atoms with E-state index in [0.717, 1.165) is 6.42 Å².